The van der Waals surface area contributed by atoms with Crippen LogP contribution in [0.1, 0.15) is 21.7 Å². The van der Waals surface area contributed by atoms with E-state index >= 15 is 0 Å². The lowest BCUT2D eigenvalue weighted by Gasteiger charge is -2.11. The minimum atomic E-state index is -0.346. The number of rotatable bonds is 3. The van der Waals surface area contributed by atoms with Gasteiger partial charge in [0.05, 0.1) is 11.6 Å². The smallest absolute Gasteiger partial charge is 0.179 e. The maximum atomic E-state index is 14.0. The third-order valence-electron chi connectivity index (χ3n) is 3.00. The van der Waals surface area contributed by atoms with Crippen molar-refractivity contribution in [2.24, 2.45) is 0 Å². The summed E-state index contributed by atoms with van der Waals surface area (Å²) in [5.41, 5.74) is 2.46. The average molecular weight is 345 g/mol. The molecule has 0 bridgehead atoms. The molecule has 0 atom stereocenters. The van der Waals surface area contributed by atoms with Crippen LogP contribution < -0.4 is 0 Å². The maximum absolute atomic E-state index is 14.0. The molecule has 0 unspecified atom stereocenters. The van der Waals surface area contributed by atoms with Gasteiger partial charge in [-0.1, -0.05) is 15.9 Å². The monoisotopic (exact) mass is 343 g/mol. The predicted molar refractivity (Wildman–Crippen MR) is 78.0 cm³/mol. The van der Waals surface area contributed by atoms with Crippen LogP contribution in [0.5, 0.6) is 0 Å². The maximum Gasteiger partial charge on any atom is 0.179 e. The number of nitrogens with zero attached hydrogens (tertiary/aromatic N) is 1. The van der Waals surface area contributed by atoms with Gasteiger partial charge in [0, 0.05) is 21.4 Å². The number of aryl methyl sites for hydroxylation is 1. The number of ketones is 1. The van der Waals surface area contributed by atoms with Crippen LogP contribution in [-0.2, 0) is 0 Å². The van der Waals surface area contributed by atoms with Crippen LogP contribution in [0.15, 0.2) is 28.7 Å². The molecule has 0 spiro atoms. The van der Waals surface area contributed by atoms with Gasteiger partial charge in [0.1, 0.15) is 5.82 Å². The summed E-state index contributed by atoms with van der Waals surface area (Å²) in [4.78, 5) is 11.7. The number of carbonyl (C=O) groups is 1. The minimum absolute atomic E-state index is 0.0763. The summed E-state index contributed by atoms with van der Waals surface area (Å²) in [6.07, 6.45) is 0. The second kappa shape index (κ2) is 5.47. The quantitative estimate of drug-likeness (QED) is 0.597. The van der Waals surface area contributed by atoms with Crippen molar-refractivity contribution in [3.05, 3.63) is 51.5 Å². The molecule has 1 aromatic heterocycles. The molecule has 2 rings (SSSR count). The van der Waals surface area contributed by atoms with E-state index in [0.29, 0.717) is 21.4 Å². The Labute approximate surface area is 124 Å². The van der Waals surface area contributed by atoms with Gasteiger partial charge in [-0.15, -0.1) is 11.6 Å². The molecule has 0 N–H and O–H groups in total. The fourth-order valence-corrected chi connectivity index (χ4v) is 2.63. The van der Waals surface area contributed by atoms with Crippen molar-refractivity contribution in [3.8, 4) is 5.69 Å². The van der Waals surface area contributed by atoms with E-state index in [1.807, 2.05) is 6.92 Å². The molecule has 0 radical (unpaired) electrons. The van der Waals surface area contributed by atoms with E-state index in [2.05, 4.69) is 15.9 Å². The third kappa shape index (κ3) is 2.60. The summed E-state index contributed by atoms with van der Waals surface area (Å²) >= 11 is 8.80. The highest BCUT2D eigenvalue weighted by Gasteiger charge is 2.17. The van der Waals surface area contributed by atoms with Crippen LogP contribution in [0.2, 0.25) is 0 Å². The Morgan fingerprint density at radius 1 is 1.37 bits per heavy atom. The van der Waals surface area contributed by atoms with E-state index in [1.165, 1.54) is 6.07 Å². The number of hydrogen-bond acceptors (Lipinski definition) is 1. The Balaban J connectivity index is 2.63. The van der Waals surface area contributed by atoms with Gasteiger partial charge < -0.3 is 4.57 Å². The van der Waals surface area contributed by atoms with Gasteiger partial charge in [0.25, 0.3) is 0 Å². The van der Waals surface area contributed by atoms with Crippen LogP contribution in [0.3, 0.4) is 0 Å². The molecule has 0 amide bonds. The van der Waals surface area contributed by atoms with Crippen LogP contribution in [0.25, 0.3) is 5.69 Å². The number of alkyl halides is 1. The van der Waals surface area contributed by atoms with Crippen LogP contribution in [0.4, 0.5) is 4.39 Å². The van der Waals surface area contributed by atoms with E-state index in [4.69, 9.17) is 11.6 Å². The number of benzene rings is 1. The van der Waals surface area contributed by atoms with Crippen LogP contribution in [-0.4, -0.2) is 16.2 Å². The summed E-state index contributed by atoms with van der Waals surface area (Å²) in [5, 5.41) is 0. The van der Waals surface area contributed by atoms with Crippen molar-refractivity contribution >= 4 is 33.3 Å². The van der Waals surface area contributed by atoms with Crippen molar-refractivity contribution in [3.63, 3.8) is 0 Å². The predicted octanol–water partition coefficient (Wildman–Crippen LogP) is 4.42. The molecule has 0 saturated carbocycles. The molecular formula is C14H12BrClFNO. The molecule has 1 aromatic carbocycles. The van der Waals surface area contributed by atoms with Crippen LogP contribution >= 0.6 is 27.5 Å². The van der Waals surface area contributed by atoms with Crippen molar-refractivity contribution in [2.75, 3.05) is 5.88 Å². The zero-order valence-corrected chi connectivity index (χ0v) is 12.8. The molecule has 2 nitrogen and oxygen atoms in total. The zero-order chi connectivity index (χ0) is 14.2. The van der Waals surface area contributed by atoms with E-state index in [1.54, 1.807) is 29.7 Å². The van der Waals surface area contributed by atoms with Gasteiger partial charge in [-0.05, 0) is 38.1 Å². The molecule has 0 saturated heterocycles. The normalized spacial score (nSPS) is 10.8. The first-order valence-electron chi connectivity index (χ1n) is 5.69. The van der Waals surface area contributed by atoms with Crippen LogP contribution in [0, 0.1) is 19.7 Å². The molecule has 0 fully saturated rings. The van der Waals surface area contributed by atoms with Gasteiger partial charge in [0.15, 0.2) is 5.78 Å². The first-order chi connectivity index (χ1) is 8.95. The second-order valence-corrected chi connectivity index (χ2v) is 5.46. The molecule has 0 aliphatic heterocycles. The van der Waals surface area contributed by atoms with Crippen molar-refractivity contribution in [1.29, 1.82) is 0 Å². The summed E-state index contributed by atoms with van der Waals surface area (Å²) in [6, 6.07) is 6.58. The van der Waals surface area contributed by atoms with Gasteiger partial charge >= 0.3 is 0 Å². The lowest BCUT2D eigenvalue weighted by atomic mass is 10.2. The summed E-state index contributed by atoms with van der Waals surface area (Å²) in [7, 11) is 0. The lowest BCUT2D eigenvalue weighted by molar-refractivity contribution is 0.102. The zero-order valence-electron chi connectivity index (χ0n) is 10.5. The molecule has 19 heavy (non-hydrogen) atoms. The third-order valence-corrected chi connectivity index (χ3v) is 3.74. The standard InChI is InChI=1S/C14H12BrClFNO/c1-8-5-11(14(19)7-16)9(2)18(8)13-4-3-10(15)6-12(13)17/h3-6H,7H2,1-2H3. The Morgan fingerprint density at radius 2 is 2.05 bits per heavy atom. The van der Waals surface area contributed by atoms with Crippen molar-refractivity contribution < 1.29 is 9.18 Å². The summed E-state index contributed by atoms with van der Waals surface area (Å²) in [6.45, 7) is 3.62. The Hall–Kier alpha value is -1.13. The highest BCUT2D eigenvalue weighted by atomic mass is 79.9. The van der Waals surface area contributed by atoms with E-state index in [-0.39, 0.29) is 17.5 Å². The molecular weight excluding hydrogens is 333 g/mol. The fourth-order valence-electron chi connectivity index (χ4n) is 2.15. The summed E-state index contributed by atoms with van der Waals surface area (Å²) in [5.74, 6) is -0.577. The minimum Gasteiger partial charge on any atom is -0.315 e. The van der Waals surface area contributed by atoms with E-state index in [0.717, 1.165) is 5.69 Å². The molecule has 0 aliphatic carbocycles. The van der Waals surface area contributed by atoms with Gasteiger partial charge in [-0.3, -0.25) is 4.79 Å². The first-order valence-corrected chi connectivity index (χ1v) is 7.02. The highest BCUT2D eigenvalue weighted by molar-refractivity contribution is 9.10. The molecule has 0 aliphatic rings. The SMILES string of the molecule is Cc1cc(C(=O)CCl)c(C)n1-c1ccc(Br)cc1F. The number of carbonyl (C=O) groups excluding carboxylic acids is 1. The lowest BCUT2D eigenvalue weighted by Crippen LogP contribution is -2.05. The largest absolute Gasteiger partial charge is 0.315 e. The molecule has 2 aromatic rings. The molecule has 1 heterocycles. The highest BCUT2D eigenvalue weighted by Crippen LogP contribution is 2.25. The van der Waals surface area contributed by atoms with E-state index in [9.17, 15) is 9.18 Å². The summed E-state index contributed by atoms with van der Waals surface area (Å²) < 4.78 is 16.4. The van der Waals surface area contributed by atoms with Gasteiger partial charge in [-0.2, -0.15) is 0 Å². The van der Waals surface area contributed by atoms with Crippen molar-refractivity contribution in [2.45, 2.75) is 13.8 Å². The Morgan fingerprint density at radius 3 is 2.63 bits per heavy atom. The molecule has 5 heteroatoms. The topological polar surface area (TPSA) is 22.0 Å². The average Bonchev–Trinajstić information content (AvgIpc) is 2.65. The van der Waals surface area contributed by atoms with Crippen molar-refractivity contribution in [1.82, 2.24) is 4.57 Å². The second-order valence-electron chi connectivity index (χ2n) is 4.27. The van der Waals surface area contributed by atoms with Gasteiger partial charge in [-0.25, -0.2) is 4.39 Å². The molecule has 100 valence electrons. The van der Waals surface area contributed by atoms with E-state index < -0.39 is 0 Å². The number of Topliss-reactive ketones (excluding diaryl/α,β-unsaturated/α-hetero) is 1. The number of hydrogen-bond donors (Lipinski definition) is 0. The number of aromatic nitrogens is 1. The Kier molecular flexibility index (Phi) is 4.11. The number of halogens is 3. The first kappa shape index (κ1) is 14.3. The fraction of sp³-hybridized carbons (Fsp3) is 0.214. The Bertz CT molecular complexity index is 651. The van der Waals surface area contributed by atoms with Gasteiger partial charge in [0.2, 0.25) is 0 Å².